The van der Waals surface area contributed by atoms with E-state index in [2.05, 4.69) is 69.9 Å². The monoisotopic (exact) mass is 502 g/mol. The lowest BCUT2D eigenvalue weighted by Gasteiger charge is -2.30. The van der Waals surface area contributed by atoms with Crippen molar-refractivity contribution >= 4 is 33.1 Å². The van der Waals surface area contributed by atoms with E-state index in [1.807, 2.05) is 36.4 Å². The summed E-state index contributed by atoms with van der Waals surface area (Å²) < 4.78 is 6.75. The smallest absolute Gasteiger partial charge is 0.163 e. The Bertz CT molecular complexity index is 1190. The minimum absolute atomic E-state index is 0.139. The summed E-state index contributed by atoms with van der Waals surface area (Å²) in [5.74, 6) is 1.21. The lowest BCUT2D eigenvalue weighted by Crippen LogP contribution is -2.26. The molecule has 1 heterocycles. The molecule has 2 unspecified atom stereocenters. The molecule has 0 saturated heterocycles. The first-order chi connectivity index (χ1) is 16.1. The lowest BCUT2D eigenvalue weighted by atomic mass is 9.78. The van der Waals surface area contributed by atoms with Crippen LogP contribution in [0.25, 0.3) is 0 Å². The Labute approximate surface area is 203 Å². The van der Waals surface area contributed by atoms with Crippen molar-refractivity contribution < 1.29 is 9.53 Å². The van der Waals surface area contributed by atoms with Gasteiger partial charge in [0.25, 0.3) is 0 Å². The number of para-hydroxylation sites is 2. The van der Waals surface area contributed by atoms with Crippen LogP contribution in [0.3, 0.4) is 0 Å². The summed E-state index contributed by atoms with van der Waals surface area (Å²) in [6, 6.07) is 24.4. The van der Waals surface area contributed by atoms with Crippen molar-refractivity contribution in [3.63, 3.8) is 0 Å². The SMILES string of the molecule is CCCOc1ccc(C2CC(=O)C3=C(C2)Nc2ccccc2NC3c2ccc(Br)cc2)cc1. The van der Waals surface area contributed by atoms with Crippen LogP contribution in [0.4, 0.5) is 11.4 Å². The van der Waals surface area contributed by atoms with Crippen LogP contribution >= 0.6 is 15.9 Å². The number of carbonyl (C=O) groups excluding carboxylic acids is 1. The topological polar surface area (TPSA) is 50.4 Å². The highest BCUT2D eigenvalue weighted by atomic mass is 79.9. The molecule has 2 N–H and O–H groups in total. The number of halogens is 1. The van der Waals surface area contributed by atoms with Crippen molar-refractivity contribution in [1.29, 1.82) is 0 Å². The second kappa shape index (κ2) is 9.44. The number of ether oxygens (including phenoxy) is 1. The second-order valence-corrected chi connectivity index (χ2v) is 9.55. The number of rotatable bonds is 5. The number of fused-ring (bicyclic) bond motifs is 1. The van der Waals surface area contributed by atoms with Crippen LogP contribution in [0.2, 0.25) is 0 Å². The zero-order valence-electron chi connectivity index (χ0n) is 18.6. The summed E-state index contributed by atoms with van der Waals surface area (Å²) in [6.07, 6.45) is 2.27. The van der Waals surface area contributed by atoms with Gasteiger partial charge in [0, 0.05) is 22.2 Å². The highest BCUT2D eigenvalue weighted by Crippen LogP contribution is 2.44. The van der Waals surface area contributed by atoms with E-state index < -0.39 is 0 Å². The molecule has 5 heteroatoms. The Morgan fingerprint density at radius 3 is 2.33 bits per heavy atom. The summed E-state index contributed by atoms with van der Waals surface area (Å²) in [4.78, 5) is 13.6. The van der Waals surface area contributed by atoms with E-state index in [-0.39, 0.29) is 17.7 Å². The summed E-state index contributed by atoms with van der Waals surface area (Å²) >= 11 is 3.52. The molecule has 0 spiro atoms. The Kier molecular flexibility index (Phi) is 6.23. The van der Waals surface area contributed by atoms with E-state index in [1.54, 1.807) is 0 Å². The average Bonchev–Trinajstić information content (AvgIpc) is 3.00. The molecule has 168 valence electrons. The van der Waals surface area contributed by atoms with E-state index in [9.17, 15) is 4.79 Å². The molecule has 0 fully saturated rings. The molecule has 1 aliphatic heterocycles. The third-order valence-corrected chi connectivity index (χ3v) is 6.87. The van der Waals surface area contributed by atoms with E-state index in [0.717, 1.165) is 51.3 Å². The van der Waals surface area contributed by atoms with Gasteiger partial charge in [0.1, 0.15) is 5.75 Å². The van der Waals surface area contributed by atoms with Crippen LogP contribution in [0.5, 0.6) is 5.75 Å². The number of Topliss-reactive ketones (excluding diaryl/α,β-unsaturated/α-hetero) is 1. The first-order valence-corrected chi connectivity index (χ1v) is 12.3. The highest BCUT2D eigenvalue weighted by molar-refractivity contribution is 9.10. The Morgan fingerprint density at radius 1 is 0.909 bits per heavy atom. The van der Waals surface area contributed by atoms with Gasteiger partial charge in [0.2, 0.25) is 0 Å². The molecule has 0 radical (unpaired) electrons. The molecule has 0 aromatic heterocycles. The van der Waals surface area contributed by atoms with Crippen LogP contribution in [-0.4, -0.2) is 12.4 Å². The highest BCUT2D eigenvalue weighted by Gasteiger charge is 2.36. The first-order valence-electron chi connectivity index (χ1n) is 11.5. The van der Waals surface area contributed by atoms with Crippen molar-refractivity contribution in [3.05, 3.63) is 99.7 Å². The molecular formula is C28H27BrN2O2. The maximum Gasteiger partial charge on any atom is 0.163 e. The van der Waals surface area contributed by atoms with Crippen LogP contribution in [-0.2, 0) is 4.79 Å². The number of benzene rings is 3. The van der Waals surface area contributed by atoms with Crippen molar-refractivity contribution in [2.24, 2.45) is 0 Å². The zero-order chi connectivity index (χ0) is 22.8. The third-order valence-electron chi connectivity index (χ3n) is 6.34. The van der Waals surface area contributed by atoms with Crippen LogP contribution < -0.4 is 15.4 Å². The molecule has 3 aromatic carbocycles. The van der Waals surface area contributed by atoms with Crippen molar-refractivity contribution in [2.75, 3.05) is 17.2 Å². The normalized spacial score (nSPS) is 19.6. The predicted molar refractivity (Wildman–Crippen MR) is 137 cm³/mol. The first kappa shape index (κ1) is 21.8. The predicted octanol–water partition coefficient (Wildman–Crippen LogP) is 7.22. The molecule has 2 aliphatic rings. The largest absolute Gasteiger partial charge is 0.494 e. The Hall–Kier alpha value is -3.05. The Balaban J connectivity index is 1.50. The molecule has 33 heavy (non-hydrogen) atoms. The number of anilines is 2. The lowest BCUT2D eigenvalue weighted by molar-refractivity contribution is -0.116. The van der Waals surface area contributed by atoms with Gasteiger partial charge in [-0.05, 0) is 66.3 Å². The fraction of sp³-hybridized carbons (Fsp3) is 0.250. The van der Waals surface area contributed by atoms with Crippen molar-refractivity contribution in [3.8, 4) is 5.75 Å². The minimum atomic E-state index is -0.192. The molecule has 0 amide bonds. The molecule has 3 aromatic rings. The van der Waals surface area contributed by atoms with Crippen molar-refractivity contribution in [2.45, 2.75) is 38.1 Å². The van der Waals surface area contributed by atoms with E-state index in [0.29, 0.717) is 13.0 Å². The molecular weight excluding hydrogens is 476 g/mol. The van der Waals surface area contributed by atoms with Crippen LogP contribution in [0.1, 0.15) is 49.3 Å². The van der Waals surface area contributed by atoms with E-state index in [4.69, 9.17) is 4.74 Å². The zero-order valence-corrected chi connectivity index (χ0v) is 20.2. The van der Waals surface area contributed by atoms with Gasteiger partial charge in [-0.1, -0.05) is 59.3 Å². The van der Waals surface area contributed by atoms with Gasteiger partial charge in [-0.15, -0.1) is 0 Å². The number of nitrogens with one attached hydrogen (secondary N) is 2. The number of hydrogen-bond donors (Lipinski definition) is 2. The van der Waals surface area contributed by atoms with Gasteiger partial charge in [-0.2, -0.15) is 0 Å². The standard InChI is InChI=1S/C28H27BrN2O2/c1-2-15-33-22-13-9-18(10-14-22)20-16-25-27(26(32)17-20)28(19-7-11-21(29)12-8-19)31-24-6-4-3-5-23(24)30-25/h3-14,20,28,30-31H,2,15-17H2,1H3. The fourth-order valence-electron chi connectivity index (χ4n) is 4.69. The molecule has 4 nitrogen and oxygen atoms in total. The fourth-order valence-corrected chi connectivity index (χ4v) is 4.95. The van der Waals surface area contributed by atoms with E-state index >= 15 is 0 Å². The number of ketones is 1. The summed E-state index contributed by atoms with van der Waals surface area (Å²) in [5, 5.41) is 7.24. The molecule has 0 bridgehead atoms. The van der Waals surface area contributed by atoms with Gasteiger partial charge < -0.3 is 15.4 Å². The summed E-state index contributed by atoms with van der Waals surface area (Å²) in [5.41, 5.74) is 6.10. The molecule has 5 rings (SSSR count). The minimum Gasteiger partial charge on any atom is -0.494 e. The van der Waals surface area contributed by atoms with Gasteiger partial charge in [0.05, 0.1) is 24.0 Å². The molecule has 0 saturated carbocycles. The molecule has 2 atom stereocenters. The quantitative estimate of drug-likeness (QED) is 0.386. The number of allylic oxidation sites excluding steroid dienone is 1. The van der Waals surface area contributed by atoms with E-state index in [1.165, 1.54) is 5.56 Å². The summed E-state index contributed by atoms with van der Waals surface area (Å²) in [7, 11) is 0. The van der Waals surface area contributed by atoms with Gasteiger partial charge in [-0.3, -0.25) is 4.79 Å². The Morgan fingerprint density at radius 2 is 1.61 bits per heavy atom. The number of carbonyl (C=O) groups is 1. The van der Waals surface area contributed by atoms with Gasteiger partial charge >= 0.3 is 0 Å². The van der Waals surface area contributed by atoms with Crippen molar-refractivity contribution in [1.82, 2.24) is 0 Å². The summed E-state index contributed by atoms with van der Waals surface area (Å²) in [6.45, 7) is 2.81. The maximum atomic E-state index is 13.6. The van der Waals surface area contributed by atoms with Crippen LogP contribution in [0, 0.1) is 0 Å². The van der Waals surface area contributed by atoms with Gasteiger partial charge in [0.15, 0.2) is 5.78 Å². The number of hydrogen-bond acceptors (Lipinski definition) is 4. The second-order valence-electron chi connectivity index (χ2n) is 8.64. The maximum absolute atomic E-state index is 13.6. The third kappa shape index (κ3) is 4.55. The van der Waals surface area contributed by atoms with Crippen LogP contribution in [0.15, 0.2) is 88.5 Å². The molecule has 1 aliphatic carbocycles. The average molecular weight is 503 g/mol. The van der Waals surface area contributed by atoms with Gasteiger partial charge in [-0.25, -0.2) is 0 Å².